The molecule has 32 heavy (non-hydrogen) atoms. The lowest BCUT2D eigenvalue weighted by molar-refractivity contribution is 0.429. The average molecular weight is 470 g/mol. The Kier molecular flexibility index (Phi) is 5.94. The first-order valence-electron chi connectivity index (χ1n) is 10.9. The Balaban J connectivity index is 1.76. The maximum atomic E-state index is 11.5. The van der Waals surface area contributed by atoms with Gasteiger partial charge in [0, 0.05) is 5.56 Å². The van der Waals surface area contributed by atoms with E-state index in [9.17, 15) is 14.7 Å². The van der Waals surface area contributed by atoms with Gasteiger partial charge >= 0.3 is 0 Å². The third-order valence-corrected chi connectivity index (χ3v) is 9.86. The van der Waals surface area contributed by atoms with Gasteiger partial charge in [0.1, 0.15) is 10.6 Å². The Hall–Kier alpha value is -1.54. The van der Waals surface area contributed by atoms with Crippen LogP contribution in [-0.2, 0) is 10.8 Å². The fraction of sp³-hybridized carbons (Fsp3) is 0.385. The topological polar surface area (TPSA) is 69.9 Å². The normalized spacial score (nSPS) is 21.2. The molecular formula is C26H32O4P2. The molecule has 2 unspecified atom stereocenters. The zero-order valence-corrected chi connectivity index (χ0v) is 21.3. The molecule has 0 aliphatic heterocycles. The number of hydrogen-bond donors (Lipinski definition) is 3. The summed E-state index contributed by atoms with van der Waals surface area (Å²) >= 11 is 0. The zero-order chi connectivity index (χ0) is 23.5. The molecule has 0 saturated carbocycles. The van der Waals surface area contributed by atoms with Crippen molar-refractivity contribution in [3.8, 4) is 5.75 Å². The summed E-state index contributed by atoms with van der Waals surface area (Å²) in [7, 11) is -4.71. The van der Waals surface area contributed by atoms with E-state index >= 15 is 0 Å². The number of allylic oxidation sites excluding steroid dienone is 4. The van der Waals surface area contributed by atoms with Crippen LogP contribution in [0.25, 0.3) is 11.1 Å². The van der Waals surface area contributed by atoms with Gasteiger partial charge in [0.15, 0.2) is 8.38 Å². The summed E-state index contributed by atoms with van der Waals surface area (Å²) in [6.07, 6.45) is 4.25. The van der Waals surface area contributed by atoms with E-state index in [1.54, 1.807) is 0 Å². The minimum absolute atomic E-state index is 0.0161. The molecule has 0 saturated heterocycles. The van der Waals surface area contributed by atoms with Crippen LogP contribution in [0.5, 0.6) is 5.75 Å². The lowest BCUT2D eigenvalue weighted by Crippen LogP contribution is -2.34. The highest BCUT2D eigenvalue weighted by molar-refractivity contribution is 7.68. The number of hydrogen-bond acceptors (Lipinski definition) is 4. The van der Waals surface area contributed by atoms with Gasteiger partial charge in [-0.3, -0.25) is 0 Å². The molecule has 2 aromatic rings. The van der Waals surface area contributed by atoms with Crippen LogP contribution in [0.2, 0.25) is 0 Å². The van der Waals surface area contributed by atoms with E-state index in [4.69, 9.17) is 4.52 Å². The quantitative estimate of drug-likeness (QED) is 0.428. The molecule has 0 heterocycles. The Morgan fingerprint density at radius 2 is 1.53 bits per heavy atom. The van der Waals surface area contributed by atoms with Crippen molar-refractivity contribution in [1.82, 2.24) is 0 Å². The van der Waals surface area contributed by atoms with Crippen molar-refractivity contribution in [2.24, 2.45) is 0 Å². The van der Waals surface area contributed by atoms with E-state index in [-0.39, 0.29) is 10.8 Å². The molecule has 2 aromatic carbocycles. The molecule has 6 heteroatoms. The Labute approximate surface area is 193 Å². The molecule has 4 rings (SSSR count). The monoisotopic (exact) mass is 470 g/mol. The maximum Gasteiger partial charge on any atom is 0.248 e. The van der Waals surface area contributed by atoms with Crippen LogP contribution in [0.4, 0.5) is 0 Å². The second-order valence-corrected chi connectivity index (χ2v) is 13.8. The second kappa shape index (κ2) is 8.05. The van der Waals surface area contributed by atoms with Crippen LogP contribution in [0.3, 0.4) is 0 Å². The number of benzene rings is 2. The molecule has 3 N–H and O–H groups in total. The van der Waals surface area contributed by atoms with Gasteiger partial charge in [0.05, 0.1) is 0 Å². The van der Waals surface area contributed by atoms with Crippen molar-refractivity contribution in [3.63, 3.8) is 0 Å². The highest BCUT2D eigenvalue weighted by atomic mass is 31.2. The van der Waals surface area contributed by atoms with Crippen LogP contribution in [0, 0.1) is 0 Å². The second-order valence-electron chi connectivity index (χ2n) is 10.6. The number of rotatable bonds is 4. The van der Waals surface area contributed by atoms with Gasteiger partial charge in [0.2, 0.25) is 8.38 Å². The third-order valence-electron chi connectivity index (χ3n) is 6.33. The molecular weight excluding hydrogens is 438 g/mol. The minimum atomic E-state index is -2.50. The zero-order valence-electron chi connectivity index (χ0n) is 19.5. The first kappa shape index (κ1) is 23.6. The fourth-order valence-electron chi connectivity index (χ4n) is 4.46. The van der Waals surface area contributed by atoms with Gasteiger partial charge in [-0.05, 0) is 51.2 Å². The molecule has 2 atom stereocenters. The molecule has 0 aromatic heterocycles. The van der Waals surface area contributed by atoms with Crippen LogP contribution >= 0.6 is 16.8 Å². The van der Waals surface area contributed by atoms with E-state index in [0.29, 0.717) is 12.2 Å². The summed E-state index contributed by atoms with van der Waals surface area (Å²) in [4.78, 5) is 31.5. The summed E-state index contributed by atoms with van der Waals surface area (Å²) in [5, 5.41) is 0. The van der Waals surface area contributed by atoms with E-state index in [0.717, 1.165) is 27.8 Å². The predicted octanol–water partition coefficient (Wildman–Crippen LogP) is 6.84. The highest BCUT2D eigenvalue weighted by Crippen LogP contribution is 2.73. The SMILES string of the molecule is CC(C)(C)c1ccc(OP(O)C2(P(O)O)CC=CC3=C2c2ccccc23)c(C(C)(C)C)c1. The Bertz CT molecular complexity index is 1110. The fourth-order valence-corrected chi connectivity index (χ4v) is 7.10. The molecule has 0 fully saturated rings. The Morgan fingerprint density at radius 3 is 2.12 bits per heavy atom. The summed E-state index contributed by atoms with van der Waals surface area (Å²) in [5.41, 5.74) is 5.78. The molecule has 170 valence electrons. The molecule has 0 amide bonds. The minimum Gasteiger partial charge on any atom is -0.446 e. The van der Waals surface area contributed by atoms with E-state index < -0.39 is 21.6 Å². The van der Waals surface area contributed by atoms with Crippen molar-refractivity contribution in [2.45, 2.75) is 63.7 Å². The summed E-state index contributed by atoms with van der Waals surface area (Å²) in [5.74, 6) is 0.597. The summed E-state index contributed by atoms with van der Waals surface area (Å²) in [6, 6.07) is 14.0. The van der Waals surface area contributed by atoms with Gasteiger partial charge in [-0.15, -0.1) is 0 Å². The van der Waals surface area contributed by atoms with Crippen molar-refractivity contribution < 1.29 is 19.2 Å². The van der Waals surface area contributed by atoms with Crippen LogP contribution in [0.15, 0.2) is 54.6 Å². The predicted molar refractivity (Wildman–Crippen MR) is 135 cm³/mol. The van der Waals surface area contributed by atoms with Gasteiger partial charge in [-0.2, -0.15) is 0 Å². The standard InChI is InChI=1S/C26H32O4P2/c1-24(2,3)17-13-14-22(21(16-17)25(4,5)6)30-32(29)26(31(27)28)15-9-12-20-18-10-7-8-11-19(18)23(20)26/h7-14,16,27-29H,15H2,1-6H3. The third kappa shape index (κ3) is 3.77. The molecule has 2 aliphatic carbocycles. The van der Waals surface area contributed by atoms with Crippen molar-refractivity contribution >= 4 is 27.9 Å². The first-order valence-corrected chi connectivity index (χ1v) is 13.3. The number of fused-ring (bicyclic) bond motifs is 3. The molecule has 0 bridgehead atoms. The summed E-state index contributed by atoms with van der Waals surface area (Å²) in [6.45, 7) is 12.9. The van der Waals surface area contributed by atoms with Gasteiger partial charge in [-0.1, -0.05) is 90.1 Å². The smallest absolute Gasteiger partial charge is 0.248 e. The molecule has 0 radical (unpaired) electrons. The average Bonchev–Trinajstić information content (AvgIpc) is 2.69. The Morgan fingerprint density at radius 1 is 0.875 bits per heavy atom. The lowest BCUT2D eigenvalue weighted by Gasteiger charge is -2.45. The van der Waals surface area contributed by atoms with Gasteiger partial charge < -0.3 is 19.2 Å². The molecule has 4 nitrogen and oxygen atoms in total. The highest BCUT2D eigenvalue weighted by Gasteiger charge is 2.56. The summed E-state index contributed by atoms with van der Waals surface area (Å²) < 4.78 is 6.26. The van der Waals surface area contributed by atoms with Crippen LogP contribution in [0.1, 0.15) is 70.2 Å². The van der Waals surface area contributed by atoms with Crippen LogP contribution < -0.4 is 4.52 Å². The molecule has 0 spiro atoms. The van der Waals surface area contributed by atoms with Gasteiger partial charge in [-0.25, -0.2) is 0 Å². The van der Waals surface area contributed by atoms with Crippen molar-refractivity contribution in [2.75, 3.05) is 0 Å². The van der Waals surface area contributed by atoms with Crippen LogP contribution in [-0.4, -0.2) is 19.6 Å². The van der Waals surface area contributed by atoms with E-state index in [1.807, 2.05) is 48.6 Å². The first-order chi connectivity index (χ1) is 14.9. The van der Waals surface area contributed by atoms with Crippen molar-refractivity contribution in [1.29, 1.82) is 0 Å². The maximum absolute atomic E-state index is 11.5. The largest absolute Gasteiger partial charge is 0.446 e. The van der Waals surface area contributed by atoms with Crippen molar-refractivity contribution in [3.05, 3.63) is 76.9 Å². The molecule has 2 aliphatic rings. The van der Waals surface area contributed by atoms with E-state index in [2.05, 4.69) is 47.6 Å². The van der Waals surface area contributed by atoms with E-state index in [1.165, 1.54) is 5.56 Å². The van der Waals surface area contributed by atoms with Gasteiger partial charge in [0.25, 0.3) is 0 Å². The lowest BCUT2D eigenvalue weighted by atomic mass is 9.75.